The van der Waals surface area contributed by atoms with Gasteiger partial charge in [-0.2, -0.15) is 0 Å². The number of thioether (sulfide) groups is 1. The molecule has 0 saturated carbocycles. The molecule has 0 aliphatic heterocycles. The molecule has 0 aliphatic carbocycles. The molecule has 1 atom stereocenters. The van der Waals surface area contributed by atoms with E-state index in [1.54, 1.807) is 42.1 Å². The van der Waals surface area contributed by atoms with Gasteiger partial charge in [-0.25, -0.2) is 0 Å². The summed E-state index contributed by atoms with van der Waals surface area (Å²) in [5, 5.41) is 22.0. The van der Waals surface area contributed by atoms with Crippen LogP contribution in [0, 0.1) is 0 Å². The number of aromatic hydroxyl groups is 2. The average Bonchev–Trinajstić information content (AvgIpc) is 2.54. The van der Waals surface area contributed by atoms with Gasteiger partial charge in [0, 0.05) is 28.7 Å². The molecule has 3 N–H and O–H groups in total. The predicted molar refractivity (Wildman–Crippen MR) is 92.6 cm³/mol. The van der Waals surface area contributed by atoms with Crippen LogP contribution < -0.4 is 5.32 Å². The summed E-state index contributed by atoms with van der Waals surface area (Å²) in [5.41, 5.74) is 0.715. The minimum Gasteiger partial charge on any atom is -0.508 e. The fourth-order valence-electron chi connectivity index (χ4n) is 2.09. The Kier molecular flexibility index (Phi) is 6.35. The Morgan fingerprint density at radius 1 is 1.13 bits per heavy atom. The van der Waals surface area contributed by atoms with Crippen molar-refractivity contribution in [3.63, 3.8) is 0 Å². The van der Waals surface area contributed by atoms with Crippen LogP contribution in [0.3, 0.4) is 0 Å². The van der Waals surface area contributed by atoms with E-state index in [4.69, 9.17) is 0 Å². The van der Waals surface area contributed by atoms with Crippen LogP contribution in [0.5, 0.6) is 11.5 Å². The molecule has 0 aliphatic rings. The van der Waals surface area contributed by atoms with Gasteiger partial charge < -0.3 is 15.5 Å². The number of phenolic OH excluding ortho intramolecular Hbond substituents is 2. The van der Waals surface area contributed by atoms with Crippen molar-refractivity contribution in [3.8, 4) is 11.5 Å². The Bertz CT molecular complexity index is 643. The lowest BCUT2D eigenvalue weighted by Crippen LogP contribution is -2.23. The summed E-state index contributed by atoms with van der Waals surface area (Å²) in [6.45, 7) is 2.42. The first-order valence-electron chi connectivity index (χ1n) is 7.54. The molecule has 0 fully saturated rings. The lowest BCUT2D eigenvalue weighted by molar-refractivity contribution is -0.121. The number of para-hydroxylation sites is 1. The van der Waals surface area contributed by atoms with Gasteiger partial charge in [0.15, 0.2) is 0 Å². The van der Waals surface area contributed by atoms with Gasteiger partial charge in [0.2, 0.25) is 5.91 Å². The molecule has 0 radical (unpaired) electrons. The number of hydrogen-bond donors (Lipinski definition) is 3. The first-order valence-corrected chi connectivity index (χ1v) is 8.42. The normalized spacial score (nSPS) is 11.9. The smallest absolute Gasteiger partial charge is 0.220 e. The first-order chi connectivity index (χ1) is 11.0. The van der Waals surface area contributed by atoms with Crippen LogP contribution >= 0.6 is 11.8 Å². The summed E-state index contributed by atoms with van der Waals surface area (Å²) in [6.07, 6.45) is 1.21. The molecular formula is C18H21NO3S. The quantitative estimate of drug-likeness (QED) is 0.677. The Hall–Kier alpha value is -2.14. The van der Waals surface area contributed by atoms with Crippen molar-refractivity contribution in [2.24, 2.45) is 0 Å². The molecule has 4 nitrogen and oxygen atoms in total. The van der Waals surface area contributed by atoms with Gasteiger partial charge in [-0.3, -0.25) is 4.79 Å². The molecule has 2 aromatic carbocycles. The van der Waals surface area contributed by atoms with Gasteiger partial charge >= 0.3 is 0 Å². The van der Waals surface area contributed by atoms with Crippen molar-refractivity contribution in [2.75, 3.05) is 0 Å². The van der Waals surface area contributed by atoms with Gasteiger partial charge in [0.1, 0.15) is 11.5 Å². The zero-order valence-corrected chi connectivity index (χ0v) is 13.8. The second kappa shape index (κ2) is 8.48. The molecule has 0 bridgehead atoms. The number of amides is 1. The van der Waals surface area contributed by atoms with Gasteiger partial charge in [-0.1, -0.05) is 25.1 Å². The number of phenols is 2. The number of nitrogens with one attached hydrogen (secondary N) is 1. The molecule has 0 saturated heterocycles. The van der Waals surface area contributed by atoms with E-state index in [0.29, 0.717) is 23.8 Å². The highest BCUT2D eigenvalue weighted by atomic mass is 32.2. The largest absolute Gasteiger partial charge is 0.508 e. The monoisotopic (exact) mass is 331 g/mol. The van der Waals surface area contributed by atoms with Crippen LogP contribution in [0.4, 0.5) is 0 Å². The molecule has 2 rings (SSSR count). The van der Waals surface area contributed by atoms with Crippen LogP contribution in [0.15, 0.2) is 53.4 Å². The van der Waals surface area contributed by atoms with E-state index in [1.807, 2.05) is 18.2 Å². The molecule has 23 heavy (non-hydrogen) atoms. The Balaban J connectivity index is 1.71. The Morgan fingerprint density at radius 2 is 1.83 bits per heavy atom. The van der Waals surface area contributed by atoms with Crippen LogP contribution in [0.1, 0.15) is 25.3 Å². The first kappa shape index (κ1) is 17.2. The van der Waals surface area contributed by atoms with Gasteiger partial charge in [0.05, 0.1) is 0 Å². The topological polar surface area (TPSA) is 69.6 Å². The summed E-state index contributed by atoms with van der Waals surface area (Å²) in [6, 6.07) is 14.0. The molecule has 0 heterocycles. The number of hydrogen-bond acceptors (Lipinski definition) is 4. The molecule has 2 aromatic rings. The van der Waals surface area contributed by atoms with E-state index in [2.05, 4.69) is 12.2 Å². The van der Waals surface area contributed by atoms with Crippen molar-refractivity contribution < 1.29 is 15.0 Å². The van der Waals surface area contributed by atoms with E-state index < -0.39 is 0 Å². The maximum Gasteiger partial charge on any atom is 0.220 e. The fraction of sp³-hybridized carbons (Fsp3) is 0.278. The average molecular weight is 331 g/mol. The molecule has 5 heteroatoms. The van der Waals surface area contributed by atoms with Crippen molar-refractivity contribution in [1.29, 1.82) is 0 Å². The zero-order chi connectivity index (χ0) is 16.7. The number of carbonyl (C=O) groups is 1. The fourth-order valence-corrected chi connectivity index (χ4v) is 3.09. The van der Waals surface area contributed by atoms with E-state index in [9.17, 15) is 15.0 Å². The lowest BCUT2D eigenvalue weighted by atomic mass is 10.2. The molecular weight excluding hydrogens is 310 g/mol. The third kappa shape index (κ3) is 5.87. The predicted octanol–water partition coefficient (Wildman–Crippen LogP) is 3.68. The van der Waals surface area contributed by atoms with Crippen molar-refractivity contribution in [2.45, 2.75) is 36.5 Å². The molecule has 0 aromatic heterocycles. The van der Waals surface area contributed by atoms with E-state index in [0.717, 1.165) is 11.3 Å². The summed E-state index contributed by atoms with van der Waals surface area (Å²) >= 11 is 1.68. The lowest BCUT2D eigenvalue weighted by Gasteiger charge is -2.11. The number of rotatable bonds is 7. The van der Waals surface area contributed by atoms with Crippen LogP contribution in [0.2, 0.25) is 0 Å². The maximum absolute atomic E-state index is 11.9. The van der Waals surface area contributed by atoms with Gasteiger partial charge in [-0.05, 0) is 36.8 Å². The number of benzene rings is 2. The molecule has 122 valence electrons. The summed E-state index contributed by atoms with van der Waals surface area (Å²) < 4.78 is 0. The third-order valence-corrected chi connectivity index (χ3v) is 4.60. The molecule has 0 spiro atoms. The van der Waals surface area contributed by atoms with Gasteiger partial charge in [-0.15, -0.1) is 11.8 Å². The summed E-state index contributed by atoms with van der Waals surface area (Å²) in [7, 11) is 0. The van der Waals surface area contributed by atoms with Crippen LogP contribution in [0.25, 0.3) is 0 Å². The highest BCUT2D eigenvalue weighted by Crippen LogP contribution is 2.27. The maximum atomic E-state index is 11.9. The zero-order valence-electron chi connectivity index (χ0n) is 13.0. The molecule has 1 unspecified atom stereocenters. The Morgan fingerprint density at radius 3 is 2.52 bits per heavy atom. The third-order valence-electron chi connectivity index (χ3n) is 3.42. The van der Waals surface area contributed by atoms with Crippen molar-refractivity contribution in [1.82, 2.24) is 5.32 Å². The highest BCUT2D eigenvalue weighted by Gasteiger charge is 2.09. The summed E-state index contributed by atoms with van der Waals surface area (Å²) in [4.78, 5) is 13.0. The summed E-state index contributed by atoms with van der Waals surface area (Å²) in [5.74, 6) is 0.431. The van der Waals surface area contributed by atoms with Gasteiger partial charge in [0.25, 0.3) is 0 Å². The van der Waals surface area contributed by atoms with Crippen molar-refractivity contribution >= 4 is 17.7 Å². The van der Waals surface area contributed by atoms with E-state index >= 15 is 0 Å². The van der Waals surface area contributed by atoms with Crippen LogP contribution in [-0.2, 0) is 11.3 Å². The van der Waals surface area contributed by atoms with Crippen LogP contribution in [-0.4, -0.2) is 21.4 Å². The number of carbonyl (C=O) groups excluding carboxylic acids is 1. The standard InChI is InChI=1S/C18H21NO3S/c1-13(23-16-9-7-15(20)8-10-16)6-11-18(22)19-12-14-4-2-3-5-17(14)21/h2-5,7-10,13,20-21H,6,11-12H2,1H3,(H,19,22). The Labute approximate surface area is 140 Å². The minimum absolute atomic E-state index is 0.0218. The highest BCUT2D eigenvalue weighted by molar-refractivity contribution is 7.99. The second-order valence-electron chi connectivity index (χ2n) is 5.37. The van der Waals surface area contributed by atoms with Crippen molar-refractivity contribution in [3.05, 3.63) is 54.1 Å². The second-order valence-corrected chi connectivity index (χ2v) is 6.88. The molecule has 1 amide bonds. The van der Waals surface area contributed by atoms with E-state index in [1.165, 1.54) is 0 Å². The minimum atomic E-state index is -0.0218. The van der Waals surface area contributed by atoms with E-state index in [-0.39, 0.29) is 17.4 Å². The SMILES string of the molecule is CC(CCC(=O)NCc1ccccc1O)Sc1ccc(O)cc1.